The van der Waals surface area contributed by atoms with Crippen molar-refractivity contribution in [3.05, 3.63) is 53.7 Å². The van der Waals surface area contributed by atoms with E-state index in [0.717, 1.165) is 0 Å². The third kappa shape index (κ3) is 3.58. The van der Waals surface area contributed by atoms with Crippen molar-refractivity contribution in [1.82, 2.24) is 0 Å². The lowest BCUT2D eigenvalue weighted by molar-refractivity contribution is 0.992. The van der Waals surface area contributed by atoms with Gasteiger partial charge in [0.1, 0.15) is 0 Å². The van der Waals surface area contributed by atoms with Gasteiger partial charge in [0.25, 0.3) is 5.39 Å². The zero-order valence-electron chi connectivity index (χ0n) is 10.2. The SMILES string of the molecule is N#[N+]N=C1C=CC(=NN=C2C=CC(=NN=N)C=C2)C=C1. The third-order valence-electron chi connectivity index (χ3n) is 2.31. The summed E-state index contributed by atoms with van der Waals surface area (Å²) in [6, 6.07) is 0. The summed E-state index contributed by atoms with van der Waals surface area (Å²) >= 11 is 0. The summed E-state index contributed by atoms with van der Waals surface area (Å²) in [6.45, 7) is 0. The van der Waals surface area contributed by atoms with Crippen molar-refractivity contribution in [3.8, 4) is 0 Å². The number of nitrogens with zero attached hydrogens (tertiary/aromatic N) is 7. The van der Waals surface area contributed by atoms with Gasteiger partial charge >= 0.3 is 5.08 Å². The molecule has 0 spiro atoms. The molecule has 1 N–H and O–H groups in total. The van der Waals surface area contributed by atoms with E-state index in [0.29, 0.717) is 22.8 Å². The molecule has 20 heavy (non-hydrogen) atoms. The topological polar surface area (TPSA) is 114 Å². The van der Waals surface area contributed by atoms with Crippen LogP contribution in [0.3, 0.4) is 0 Å². The van der Waals surface area contributed by atoms with Gasteiger partial charge in [-0.3, -0.25) is 0 Å². The second kappa shape index (κ2) is 6.55. The summed E-state index contributed by atoms with van der Waals surface area (Å²) in [6.07, 6.45) is 13.6. The molecule has 2 aliphatic carbocycles. The molecule has 0 radical (unpaired) electrons. The second-order valence-electron chi connectivity index (χ2n) is 3.62. The summed E-state index contributed by atoms with van der Waals surface area (Å²) in [4.78, 5) is 0. The minimum absolute atomic E-state index is 0.525. The molecule has 0 unspecified atom stereocenters. The van der Waals surface area contributed by atoms with Gasteiger partial charge in [0.2, 0.25) is 0 Å². The highest BCUT2D eigenvalue weighted by molar-refractivity contribution is 6.20. The zero-order chi connectivity index (χ0) is 14.2. The molecule has 0 saturated heterocycles. The van der Waals surface area contributed by atoms with Crippen LogP contribution in [0.4, 0.5) is 0 Å². The largest absolute Gasteiger partial charge is 0.339 e. The minimum atomic E-state index is 0.525. The third-order valence-corrected chi connectivity index (χ3v) is 2.31. The van der Waals surface area contributed by atoms with Gasteiger partial charge in [-0.1, -0.05) is 5.22 Å². The van der Waals surface area contributed by atoms with E-state index >= 15 is 0 Å². The molecule has 96 valence electrons. The van der Waals surface area contributed by atoms with E-state index in [1.807, 2.05) is 0 Å². The molecule has 0 fully saturated rings. The Hall–Kier alpha value is -3.34. The van der Waals surface area contributed by atoms with Crippen molar-refractivity contribution in [2.75, 3.05) is 0 Å². The van der Waals surface area contributed by atoms with Crippen molar-refractivity contribution in [2.45, 2.75) is 0 Å². The molecular formula is C12H9N8+. The molecule has 0 atom stereocenters. The van der Waals surface area contributed by atoms with Crippen LogP contribution in [-0.2, 0) is 0 Å². The first-order chi connectivity index (χ1) is 9.81. The molecule has 8 heteroatoms. The molecule has 0 amide bonds. The summed E-state index contributed by atoms with van der Waals surface area (Å²) in [5, 5.41) is 29.1. The van der Waals surface area contributed by atoms with Crippen LogP contribution in [0, 0.1) is 10.9 Å². The molecule has 8 nitrogen and oxygen atoms in total. The summed E-state index contributed by atoms with van der Waals surface area (Å²) < 4.78 is 0. The van der Waals surface area contributed by atoms with E-state index in [1.165, 1.54) is 0 Å². The number of rotatable bonds is 2. The van der Waals surface area contributed by atoms with Crippen LogP contribution < -0.4 is 0 Å². The van der Waals surface area contributed by atoms with E-state index in [-0.39, 0.29) is 0 Å². The lowest BCUT2D eigenvalue weighted by Gasteiger charge is -1.99. The number of diazo groups is 1. The van der Waals surface area contributed by atoms with Gasteiger partial charge in [-0.25, -0.2) is 0 Å². The van der Waals surface area contributed by atoms with Gasteiger partial charge in [0.05, 0.1) is 17.1 Å². The monoisotopic (exact) mass is 265 g/mol. The molecule has 0 bridgehead atoms. The predicted octanol–water partition coefficient (Wildman–Crippen LogP) is 2.63. The Morgan fingerprint density at radius 2 is 1.10 bits per heavy atom. The van der Waals surface area contributed by atoms with Crippen LogP contribution >= 0.6 is 0 Å². The molecule has 0 aromatic carbocycles. The Labute approximate surface area is 114 Å². The fraction of sp³-hybridized carbons (Fsp3) is 0. The van der Waals surface area contributed by atoms with Gasteiger partial charge in [0, 0.05) is 0 Å². The van der Waals surface area contributed by atoms with Gasteiger partial charge in [0.15, 0.2) is 10.8 Å². The smallest absolute Gasteiger partial charge is 0.185 e. The van der Waals surface area contributed by atoms with E-state index < -0.39 is 0 Å². The maximum Gasteiger partial charge on any atom is 0.339 e. The normalized spacial score (nSPS) is 15.9. The quantitative estimate of drug-likeness (QED) is 0.351. The van der Waals surface area contributed by atoms with Crippen LogP contribution in [0.5, 0.6) is 0 Å². The predicted molar refractivity (Wildman–Crippen MR) is 76.5 cm³/mol. The van der Waals surface area contributed by atoms with Crippen LogP contribution in [0.25, 0.3) is 5.08 Å². The molecule has 0 aromatic heterocycles. The standard InChI is InChI=1S/C12H9N8/c13-19-17-11-5-1-9(2-6-11)15-16-10-3-7-12(8-4-10)18-20-14/h1-8,13H/q+1. The summed E-state index contributed by atoms with van der Waals surface area (Å²) in [5.74, 6) is 0. The lowest BCUT2D eigenvalue weighted by atomic mass is 10.1. The Morgan fingerprint density at radius 3 is 1.50 bits per heavy atom. The molecule has 0 saturated carbocycles. The van der Waals surface area contributed by atoms with Crippen molar-refractivity contribution < 1.29 is 0 Å². The van der Waals surface area contributed by atoms with Crippen LogP contribution in [-0.4, -0.2) is 22.8 Å². The maximum atomic E-state index is 8.29. The Bertz CT molecular complexity index is 655. The van der Waals surface area contributed by atoms with Crippen molar-refractivity contribution >= 4 is 22.8 Å². The highest BCUT2D eigenvalue weighted by Crippen LogP contribution is 2.02. The first kappa shape index (κ1) is 13.1. The van der Waals surface area contributed by atoms with E-state index in [4.69, 9.17) is 10.9 Å². The van der Waals surface area contributed by atoms with Crippen LogP contribution in [0.2, 0.25) is 0 Å². The first-order valence-electron chi connectivity index (χ1n) is 5.56. The summed E-state index contributed by atoms with van der Waals surface area (Å²) in [7, 11) is 0. The van der Waals surface area contributed by atoms with Gasteiger partial charge in [-0.2, -0.15) is 15.7 Å². The average molecular weight is 265 g/mol. The van der Waals surface area contributed by atoms with Crippen LogP contribution in [0.15, 0.2) is 74.2 Å². The lowest BCUT2D eigenvalue weighted by Crippen LogP contribution is -2.01. The Kier molecular flexibility index (Phi) is 4.29. The maximum absolute atomic E-state index is 8.29. The Morgan fingerprint density at radius 1 is 0.700 bits per heavy atom. The Balaban J connectivity index is 2.07. The fourth-order valence-corrected chi connectivity index (χ4v) is 1.40. The molecule has 2 aliphatic rings. The van der Waals surface area contributed by atoms with E-state index in [2.05, 4.69) is 30.7 Å². The van der Waals surface area contributed by atoms with E-state index in [1.54, 1.807) is 48.6 Å². The fourth-order valence-electron chi connectivity index (χ4n) is 1.40. The first-order valence-corrected chi connectivity index (χ1v) is 5.56. The number of nitrogens with one attached hydrogen (secondary N) is 1. The second-order valence-corrected chi connectivity index (χ2v) is 3.62. The molecule has 0 aromatic rings. The van der Waals surface area contributed by atoms with Crippen molar-refractivity contribution in [1.29, 1.82) is 10.9 Å². The van der Waals surface area contributed by atoms with Crippen LogP contribution in [0.1, 0.15) is 0 Å². The van der Waals surface area contributed by atoms with Crippen molar-refractivity contribution in [2.24, 2.45) is 25.6 Å². The molecule has 2 rings (SSSR count). The minimum Gasteiger partial charge on any atom is -0.185 e. The molecule has 0 aliphatic heterocycles. The highest BCUT2D eigenvalue weighted by Gasteiger charge is 2.03. The summed E-state index contributed by atoms with van der Waals surface area (Å²) in [5.41, 5.74) is 9.04. The van der Waals surface area contributed by atoms with Crippen molar-refractivity contribution in [3.63, 3.8) is 0 Å². The zero-order valence-corrected chi connectivity index (χ0v) is 10.2. The van der Waals surface area contributed by atoms with E-state index in [9.17, 15) is 0 Å². The average Bonchev–Trinajstić information content (AvgIpc) is 2.49. The van der Waals surface area contributed by atoms with Gasteiger partial charge < -0.3 is 0 Å². The molecule has 0 heterocycles. The van der Waals surface area contributed by atoms with Gasteiger partial charge in [-0.05, 0) is 48.6 Å². The molecular weight excluding hydrogens is 256 g/mol. The number of allylic oxidation sites excluding steroid dienone is 8. The van der Waals surface area contributed by atoms with Gasteiger partial charge in [-0.15, -0.1) is 5.10 Å². The highest BCUT2D eigenvalue weighted by atomic mass is 15.3. The number of hydrogen-bond acceptors (Lipinski definition) is 6. The number of hydrogen-bond donors (Lipinski definition) is 1.